The van der Waals surface area contributed by atoms with E-state index in [2.05, 4.69) is 11.1 Å². The number of anilines is 1. The van der Waals surface area contributed by atoms with E-state index in [1.54, 1.807) is 18.3 Å². The molecule has 2 N–H and O–H groups in total. The van der Waals surface area contributed by atoms with Crippen LogP contribution in [0.5, 0.6) is 5.75 Å². The summed E-state index contributed by atoms with van der Waals surface area (Å²) in [4.78, 5) is 3.98. The van der Waals surface area contributed by atoms with Crippen molar-refractivity contribution < 1.29 is 4.74 Å². The van der Waals surface area contributed by atoms with E-state index in [4.69, 9.17) is 15.7 Å². The van der Waals surface area contributed by atoms with Gasteiger partial charge in [-0.1, -0.05) is 0 Å². The summed E-state index contributed by atoms with van der Waals surface area (Å²) in [6, 6.07) is 7.36. The van der Waals surface area contributed by atoms with Crippen molar-refractivity contribution in [2.45, 2.75) is 0 Å². The first-order valence-electron chi connectivity index (χ1n) is 4.38. The van der Waals surface area contributed by atoms with Gasteiger partial charge in [-0.3, -0.25) is 0 Å². The fourth-order valence-corrected chi connectivity index (χ4v) is 1.48. The van der Waals surface area contributed by atoms with E-state index in [1.807, 2.05) is 6.07 Å². The van der Waals surface area contributed by atoms with Crippen LogP contribution in [0, 0.1) is 11.3 Å². The minimum absolute atomic E-state index is 0.440. The highest BCUT2D eigenvalue weighted by Crippen LogP contribution is 2.27. The van der Waals surface area contributed by atoms with Crippen molar-refractivity contribution in [3.05, 3.63) is 30.0 Å². The number of nitrogen functional groups attached to an aromatic ring is 1. The van der Waals surface area contributed by atoms with Crippen LogP contribution in [0.2, 0.25) is 0 Å². The van der Waals surface area contributed by atoms with Crippen LogP contribution in [0.15, 0.2) is 24.4 Å². The number of hydrogen-bond acceptors (Lipinski definition) is 4. The lowest BCUT2D eigenvalue weighted by atomic mass is 10.1. The van der Waals surface area contributed by atoms with Gasteiger partial charge in [-0.05, 0) is 23.6 Å². The molecule has 15 heavy (non-hydrogen) atoms. The Balaban J connectivity index is 2.83. The van der Waals surface area contributed by atoms with E-state index in [9.17, 15) is 0 Å². The van der Waals surface area contributed by atoms with Gasteiger partial charge in [-0.25, -0.2) is 4.98 Å². The molecule has 1 heterocycles. The summed E-state index contributed by atoms with van der Waals surface area (Å²) in [7, 11) is 1.52. The number of nitriles is 1. The number of ether oxygens (including phenoxy) is 1. The van der Waals surface area contributed by atoms with E-state index in [-0.39, 0.29) is 0 Å². The summed E-state index contributed by atoms with van der Waals surface area (Å²) in [6.45, 7) is 0. The zero-order valence-corrected chi connectivity index (χ0v) is 8.19. The zero-order chi connectivity index (χ0) is 10.8. The Morgan fingerprint density at radius 2 is 2.27 bits per heavy atom. The molecule has 0 saturated carbocycles. The molecule has 0 atom stereocenters. The van der Waals surface area contributed by atoms with Crippen molar-refractivity contribution in [1.29, 1.82) is 5.26 Å². The lowest BCUT2D eigenvalue weighted by Gasteiger charge is -2.06. The van der Waals surface area contributed by atoms with Crippen LogP contribution < -0.4 is 10.5 Å². The molecule has 0 aliphatic heterocycles. The Labute approximate surface area is 86.9 Å². The first-order valence-corrected chi connectivity index (χ1v) is 4.38. The minimum atomic E-state index is 0.440. The van der Waals surface area contributed by atoms with Gasteiger partial charge in [-0.15, -0.1) is 0 Å². The molecule has 0 spiro atoms. The summed E-state index contributed by atoms with van der Waals surface area (Å²) >= 11 is 0. The van der Waals surface area contributed by atoms with Crippen molar-refractivity contribution >= 4 is 16.6 Å². The van der Waals surface area contributed by atoms with Crippen molar-refractivity contribution in [1.82, 2.24) is 4.98 Å². The quantitative estimate of drug-likeness (QED) is 0.758. The van der Waals surface area contributed by atoms with E-state index >= 15 is 0 Å². The largest absolute Gasteiger partial charge is 0.495 e. The Morgan fingerprint density at radius 1 is 1.47 bits per heavy atom. The molecule has 1 aromatic carbocycles. The van der Waals surface area contributed by atoms with Gasteiger partial charge in [0.25, 0.3) is 0 Å². The van der Waals surface area contributed by atoms with Crippen LogP contribution >= 0.6 is 0 Å². The van der Waals surface area contributed by atoms with Crippen LogP contribution in [0.25, 0.3) is 10.8 Å². The van der Waals surface area contributed by atoms with E-state index < -0.39 is 0 Å². The molecule has 0 bridgehead atoms. The SMILES string of the molecule is COc1cc2c(N)nccc2cc1C#N. The lowest BCUT2D eigenvalue weighted by molar-refractivity contribution is 0.414. The maximum absolute atomic E-state index is 8.90. The molecule has 2 rings (SSSR count). The molecule has 0 radical (unpaired) electrons. The van der Waals surface area contributed by atoms with Crippen molar-refractivity contribution in [2.24, 2.45) is 0 Å². The Kier molecular flexibility index (Phi) is 2.14. The van der Waals surface area contributed by atoms with Gasteiger partial charge in [-0.2, -0.15) is 5.26 Å². The number of fused-ring (bicyclic) bond motifs is 1. The highest BCUT2D eigenvalue weighted by atomic mass is 16.5. The Morgan fingerprint density at radius 3 is 2.93 bits per heavy atom. The van der Waals surface area contributed by atoms with Crippen LogP contribution in [0.3, 0.4) is 0 Å². The number of benzene rings is 1. The normalized spacial score (nSPS) is 9.87. The van der Waals surface area contributed by atoms with Crippen LogP contribution in [0.1, 0.15) is 5.56 Å². The second-order valence-electron chi connectivity index (χ2n) is 3.08. The number of pyridine rings is 1. The third-order valence-electron chi connectivity index (χ3n) is 2.24. The summed E-state index contributed by atoms with van der Waals surface area (Å²) in [6.07, 6.45) is 1.62. The molecule has 0 fully saturated rings. The highest BCUT2D eigenvalue weighted by molar-refractivity contribution is 5.93. The summed E-state index contributed by atoms with van der Waals surface area (Å²) in [5.74, 6) is 0.958. The minimum Gasteiger partial charge on any atom is -0.495 e. The molecule has 2 aromatic rings. The number of hydrogen-bond donors (Lipinski definition) is 1. The molecule has 0 amide bonds. The third-order valence-corrected chi connectivity index (χ3v) is 2.24. The topological polar surface area (TPSA) is 71.9 Å². The predicted octanol–water partition coefficient (Wildman–Crippen LogP) is 1.70. The number of nitrogens with zero attached hydrogens (tertiary/aromatic N) is 2. The molecule has 1 aromatic heterocycles. The average molecular weight is 199 g/mol. The van der Waals surface area contributed by atoms with Crippen LogP contribution in [0.4, 0.5) is 5.82 Å². The lowest BCUT2D eigenvalue weighted by Crippen LogP contribution is -1.93. The maximum Gasteiger partial charge on any atom is 0.137 e. The average Bonchev–Trinajstić information content (AvgIpc) is 2.28. The van der Waals surface area contributed by atoms with Crippen molar-refractivity contribution in [2.75, 3.05) is 12.8 Å². The number of nitrogens with two attached hydrogens (primary N) is 1. The Hall–Kier alpha value is -2.28. The molecular formula is C11H9N3O. The first-order chi connectivity index (χ1) is 7.26. The molecular weight excluding hydrogens is 190 g/mol. The smallest absolute Gasteiger partial charge is 0.137 e. The van der Waals surface area contributed by atoms with Gasteiger partial charge in [0.2, 0.25) is 0 Å². The van der Waals surface area contributed by atoms with Gasteiger partial charge < -0.3 is 10.5 Å². The van der Waals surface area contributed by atoms with Crippen LogP contribution in [-0.2, 0) is 0 Å². The summed E-state index contributed by atoms with van der Waals surface area (Å²) < 4.78 is 5.09. The van der Waals surface area contributed by atoms with E-state index in [1.165, 1.54) is 7.11 Å². The molecule has 0 saturated heterocycles. The highest BCUT2D eigenvalue weighted by Gasteiger charge is 2.06. The predicted molar refractivity (Wildman–Crippen MR) is 57.4 cm³/mol. The second-order valence-corrected chi connectivity index (χ2v) is 3.08. The van der Waals surface area contributed by atoms with Crippen molar-refractivity contribution in [3.63, 3.8) is 0 Å². The number of methoxy groups -OCH3 is 1. The second kappa shape index (κ2) is 3.46. The van der Waals surface area contributed by atoms with Gasteiger partial charge in [0.15, 0.2) is 0 Å². The zero-order valence-electron chi connectivity index (χ0n) is 8.19. The first kappa shape index (κ1) is 9.28. The van der Waals surface area contributed by atoms with Gasteiger partial charge >= 0.3 is 0 Å². The van der Waals surface area contributed by atoms with Gasteiger partial charge in [0.1, 0.15) is 17.6 Å². The summed E-state index contributed by atoms with van der Waals surface area (Å²) in [5, 5.41) is 10.6. The fourth-order valence-electron chi connectivity index (χ4n) is 1.48. The number of aromatic nitrogens is 1. The van der Waals surface area contributed by atoms with Gasteiger partial charge in [0, 0.05) is 11.6 Å². The van der Waals surface area contributed by atoms with Crippen LogP contribution in [-0.4, -0.2) is 12.1 Å². The van der Waals surface area contributed by atoms with Crippen molar-refractivity contribution in [3.8, 4) is 11.8 Å². The third kappa shape index (κ3) is 1.44. The van der Waals surface area contributed by atoms with E-state index in [0.29, 0.717) is 17.1 Å². The maximum atomic E-state index is 8.90. The molecule has 0 aliphatic carbocycles. The molecule has 4 heteroatoms. The molecule has 4 nitrogen and oxygen atoms in total. The molecule has 0 unspecified atom stereocenters. The monoisotopic (exact) mass is 199 g/mol. The standard InChI is InChI=1S/C11H9N3O/c1-15-10-5-9-7(4-8(10)6-12)2-3-14-11(9)13/h2-5H,1H3,(H2,13,14). The molecule has 0 aliphatic rings. The van der Waals surface area contributed by atoms with Gasteiger partial charge in [0.05, 0.1) is 12.7 Å². The summed E-state index contributed by atoms with van der Waals surface area (Å²) in [5.41, 5.74) is 6.22. The van der Waals surface area contributed by atoms with E-state index in [0.717, 1.165) is 10.8 Å². The molecule has 74 valence electrons. The number of rotatable bonds is 1. The Bertz CT molecular complexity index is 557. The fraction of sp³-hybridized carbons (Fsp3) is 0.0909.